The van der Waals surface area contributed by atoms with E-state index >= 15 is 0 Å². The molecular formula is C21H20N6O2. The number of pyridine rings is 1. The van der Waals surface area contributed by atoms with Crippen LogP contribution in [0.15, 0.2) is 53.3 Å². The number of aryl methyl sites for hydroxylation is 1. The molecule has 1 amide bonds. The molecule has 0 spiro atoms. The van der Waals surface area contributed by atoms with Crippen LogP contribution in [0.2, 0.25) is 0 Å². The molecule has 8 heteroatoms. The van der Waals surface area contributed by atoms with Crippen molar-refractivity contribution in [3.05, 3.63) is 60.4 Å². The summed E-state index contributed by atoms with van der Waals surface area (Å²) in [6.07, 6.45) is 7.80. The number of hydrogen-bond acceptors (Lipinski definition) is 6. The molecule has 1 aliphatic heterocycles. The molecule has 1 atom stereocenters. The summed E-state index contributed by atoms with van der Waals surface area (Å²) in [6, 6.07) is 9.65. The quantitative estimate of drug-likeness (QED) is 0.534. The molecule has 1 fully saturated rings. The van der Waals surface area contributed by atoms with Gasteiger partial charge in [0.25, 0.3) is 11.8 Å². The summed E-state index contributed by atoms with van der Waals surface area (Å²) < 4.78 is 7.67. The Labute approximate surface area is 167 Å². The summed E-state index contributed by atoms with van der Waals surface area (Å²) in [4.78, 5) is 19.3. The average Bonchev–Trinajstić information content (AvgIpc) is 3.42. The van der Waals surface area contributed by atoms with Crippen LogP contribution in [0.25, 0.3) is 22.4 Å². The molecule has 8 nitrogen and oxygen atoms in total. The van der Waals surface area contributed by atoms with Gasteiger partial charge in [0.05, 0.1) is 11.8 Å². The van der Waals surface area contributed by atoms with Crippen LogP contribution < -0.4 is 0 Å². The number of fused-ring (bicyclic) bond motifs is 1. The van der Waals surface area contributed by atoms with Gasteiger partial charge >= 0.3 is 0 Å². The second-order valence-corrected chi connectivity index (χ2v) is 7.24. The van der Waals surface area contributed by atoms with Gasteiger partial charge < -0.3 is 9.32 Å². The summed E-state index contributed by atoms with van der Waals surface area (Å²) in [7, 11) is 1.80. The van der Waals surface area contributed by atoms with Gasteiger partial charge in [-0.2, -0.15) is 5.10 Å². The minimum absolute atomic E-state index is 0.0640. The van der Waals surface area contributed by atoms with Crippen molar-refractivity contribution in [2.75, 3.05) is 6.54 Å². The smallest absolute Gasteiger partial charge is 0.267 e. The maximum absolute atomic E-state index is 13.0. The largest absolute Gasteiger partial charge is 0.417 e. The Kier molecular flexibility index (Phi) is 4.31. The Hall–Kier alpha value is -3.55. The Morgan fingerprint density at radius 2 is 2.07 bits per heavy atom. The number of likely N-dealkylation sites (tertiary alicyclic amines) is 1. The zero-order chi connectivity index (χ0) is 19.8. The Bertz CT molecular complexity index is 1180. The van der Waals surface area contributed by atoms with Crippen molar-refractivity contribution in [1.29, 1.82) is 0 Å². The number of rotatable bonds is 3. The zero-order valence-corrected chi connectivity index (χ0v) is 16.0. The third-order valence-electron chi connectivity index (χ3n) is 5.32. The minimum atomic E-state index is -0.243. The van der Waals surface area contributed by atoms with Crippen LogP contribution >= 0.6 is 0 Å². The summed E-state index contributed by atoms with van der Waals surface area (Å²) in [5, 5.41) is 14.7. The van der Waals surface area contributed by atoms with Crippen molar-refractivity contribution in [2.24, 2.45) is 7.05 Å². The zero-order valence-electron chi connectivity index (χ0n) is 16.0. The van der Waals surface area contributed by atoms with Crippen LogP contribution in [0.3, 0.4) is 0 Å². The van der Waals surface area contributed by atoms with Crippen LogP contribution in [0.1, 0.15) is 41.6 Å². The lowest BCUT2D eigenvalue weighted by Crippen LogP contribution is -2.38. The molecule has 0 unspecified atom stereocenters. The number of nitrogens with zero attached hydrogens (tertiary/aromatic N) is 6. The summed E-state index contributed by atoms with van der Waals surface area (Å²) in [5.41, 5.74) is 1.22. The number of benzene rings is 1. The Morgan fingerprint density at radius 3 is 2.93 bits per heavy atom. The van der Waals surface area contributed by atoms with Crippen LogP contribution in [-0.2, 0) is 7.05 Å². The van der Waals surface area contributed by atoms with E-state index in [0.717, 1.165) is 30.0 Å². The molecule has 0 saturated carbocycles. The van der Waals surface area contributed by atoms with Gasteiger partial charge in [-0.05, 0) is 30.7 Å². The van der Waals surface area contributed by atoms with Crippen molar-refractivity contribution in [1.82, 2.24) is 29.9 Å². The average molecular weight is 388 g/mol. The maximum Gasteiger partial charge on any atom is 0.267 e. The van der Waals surface area contributed by atoms with Crippen LogP contribution in [0, 0.1) is 0 Å². The van der Waals surface area contributed by atoms with Gasteiger partial charge in [-0.25, -0.2) is 0 Å². The fourth-order valence-corrected chi connectivity index (χ4v) is 3.88. The van der Waals surface area contributed by atoms with E-state index in [1.807, 2.05) is 35.2 Å². The standard InChI is InChI=1S/C21H20N6O2/c1-26-13-15(12-23-26)21(28)27-11-5-4-8-17(27)19-24-25-20(29-19)18-16-7-3-2-6-14(16)9-10-22-18/h2-3,6-7,9-10,12-13,17H,4-5,8,11H2,1H3/t17-/m0/s1. The first kappa shape index (κ1) is 17.5. The molecule has 4 aromatic rings. The fourth-order valence-electron chi connectivity index (χ4n) is 3.88. The Balaban J connectivity index is 1.49. The van der Waals surface area contributed by atoms with E-state index in [9.17, 15) is 4.79 Å². The summed E-state index contributed by atoms with van der Waals surface area (Å²) in [6.45, 7) is 0.655. The highest BCUT2D eigenvalue weighted by atomic mass is 16.4. The second-order valence-electron chi connectivity index (χ2n) is 7.24. The molecule has 0 N–H and O–H groups in total. The third-order valence-corrected chi connectivity index (χ3v) is 5.32. The minimum Gasteiger partial charge on any atom is -0.417 e. The van der Waals surface area contributed by atoms with Gasteiger partial charge in [-0.15, -0.1) is 10.2 Å². The Morgan fingerprint density at radius 1 is 1.17 bits per heavy atom. The highest BCUT2D eigenvalue weighted by Gasteiger charge is 2.33. The van der Waals surface area contributed by atoms with Crippen molar-refractivity contribution < 1.29 is 9.21 Å². The third kappa shape index (κ3) is 3.16. The molecule has 29 heavy (non-hydrogen) atoms. The summed E-state index contributed by atoms with van der Waals surface area (Å²) in [5.74, 6) is 0.758. The molecule has 1 aromatic carbocycles. The lowest BCUT2D eigenvalue weighted by molar-refractivity contribution is 0.0572. The molecule has 0 aliphatic carbocycles. The molecule has 3 aromatic heterocycles. The molecule has 5 rings (SSSR count). The van der Waals surface area contributed by atoms with E-state index in [1.165, 1.54) is 0 Å². The summed E-state index contributed by atoms with van der Waals surface area (Å²) >= 11 is 0. The fraction of sp³-hybridized carbons (Fsp3) is 0.286. The van der Waals surface area contributed by atoms with Gasteiger partial charge in [0.15, 0.2) is 0 Å². The lowest BCUT2D eigenvalue weighted by atomic mass is 10.0. The molecule has 0 bridgehead atoms. The topological polar surface area (TPSA) is 89.9 Å². The predicted octanol–water partition coefficient (Wildman–Crippen LogP) is 3.39. The van der Waals surface area contributed by atoms with Gasteiger partial charge in [0.1, 0.15) is 11.7 Å². The maximum atomic E-state index is 13.0. The van der Waals surface area contributed by atoms with E-state index in [0.29, 0.717) is 29.6 Å². The van der Waals surface area contributed by atoms with E-state index in [4.69, 9.17) is 4.42 Å². The van der Waals surface area contributed by atoms with Gasteiger partial charge in [0, 0.05) is 31.4 Å². The molecule has 1 saturated heterocycles. The number of piperidine rings is 1. The number of carbonyl (C=O) groups excluding carboxylic acids is 1. The van der Waals surface area contributed by atoms with Crippen LogP contribution in [-0.4, -0.2) is 42.3 Å². The number of aromatic nitrogens is 5. The van der Waals surface area contributed by atoms with Crippen molar-refractivity contribution >= 4 is 16.7 Å². The van der Waals surface area contributed by atoms with Gasteiger partial charge in [-0.1, -0.05) is 24.3 Å². The van der Waals surface area contributed by atoms with E-state index in [1.54, 1.807) is 30.3 Å². The predicted molar refractivity (Wildman–Crippen MR) is 106 cm³/mol. The first-order valence-corrected chi connectivity index (χ1v) is 9.68. The SMILES string of the molecule is Cn1cc(C(=O)N2CCCC[C@H]2c2nnc(-c3nccc4ccccc34)o2)cn1. The number of hydrogen-bond donors (Lipinski definition) is 0. The monoisotopic (exact) mass is 388 g/mol. The molecule has 0 radical (unpaired) electrons. The normalized spacial score (nSPS) is 17.0. The van der Waals surface area contributed by atoms with E-state index < -0.39 is 0 Å². The van der Waals surface area contributed by atoms with E-state index in [-0.39, 0.29) is 11.9 Å². The molecule has 1 aliphatic rings. The first-order chi connectivity index (χ1) is 14.2. The number of carbonyl (C=O) groups is 1. The van der Waals surface area contributed by atoms with Crippen LogP contribution in [0.4, 0.5) is 0 Å². The van der Waals surface area contributed by atoms with Crippen molar-refractivity contribution in [3.8, 4) is 11.6 Å². The molecule has 146 valence electrons. The van der Waals surface area contributed by atoms with Gasteiger partial charge in [0.2, 0.25) is 5.89 Å². The van der Waals surface area contributed by atoms with E-state index in [2.05, 4.69) is 20.3 Å². The highest BCUT2D eigenvalue weighted by Crippen LogP contribution is 2.33. The molecular weight excluding hydrogens is 368 g/mol. The number of amides is 1. The first-order valence-electron chi connectivity index (χ1n) is 9.68. The van der Waals surface area contributed by atoms with Crippen LogP contribution in [0.5, 0.6) is 0 Å². The lowest BCUT2D eigenvalue weighted by Gasteiger charge is -2.33. The van der Waals surface area contributed by atoms with Crippen molar-refractivity contribution in [2.45, 2.75) is 25.3 Å². The second kappa shape index (κ2) is 7.12. The van der Waals surface area contributed by atoms with Gasteiger partial charge in [-0.3, -0.25) is 14.5 Å². The highest BCUT2D eigenvalue weighted by molar-refractivity contribution is 5.94. The molecule has 4 heterocycles. The van der Waals surface area contributed by atoms with Crippen molar-refractivity contribution in [3.63, 3.8) is 0 Å².